The lowest BCUT2D eigenvalue weighted by molar-refractivity contribution is -0.0478. The average molecular weight is 614 g/mol. The van der Waals surface area contributed by atoms with Crippen LogP contribution in [0.5, 0.6) is 0 Å². The van der Waals surface area contributed by atoms with Gasteiger partial charge in [-0.15, -0.1) is 0 Å². The van der Waals surface area contributed by atoms with Crippen LogP contribution < -0.4 is 5.73 Å². The lowest BCUT2D eigenvalue weighted by Crippen LogP contribution is -2.33. The van der Waals surface area contributed by atoms with Crippen molar-refractivity contribution in [1.29, 1.82) is 0 Å². The number of fused-ring (bicyclic) bond motifs is 1. The molecule has 1 unspecified atom stereocenters. The first-order valence-electron chi connectivity index (χ1n) is 8.98. The van der Waals surface area contributed by atoms with Crippen LogP contribution in [-0.4, -0.2) is 87.0 Å². The Labute approximate surface area is 212 Å². The summed E-state index contributed by atoms with van der Waals surface area (Å²) in [5, 5.41) is 21.1. The number of rotatable bonds is 9. The first kappa shape index (κ1) is 29.3. The Hall–Kier alpha value is -0.285. The summed E-state index contributed by atoms with van der Waals surface area (Å²) in [5.41, 5.74) is 6.22. The highest BCUT2D eigenvalue weighted by molar-refractivity contribution is 7.98. The molecule has 6 atom stereocenters. The summed E-state index contributed by atoms with van der Waals surface area (Å²) in [6.45, 7) is -0.879. The van der Waals surface area contributed by atoms with E-state index in [2.05, 4.69) is 19.3 Å². The molecule has 0 bridgehead atoms. The molecule has 3 heterocycles. The van der Waals surface area contributed by atoms with Crippen molar-refractivity contribution in [3.8, 4) is 0 Å². The Morgan fingerprint density at radius 2 is 1.89 bits per heavy atom. The molecule has 1 aliphatic heterocycles. The molecule has 7 N–H and O–H groups in total. The second-order valence-electron chi connectivity index (χ2n) is 6.96. The summed E-state index contributed by atoms with van der Waals surface area (Å²) >= 11 is 11.7. The van der Waals surface area contributed by atoms with Gasteiger partial charge in [0.15, 0.2) is 22.8 Å². The molecular weight excluding hydrogens is 597 g/mol. The SMILES string of the molecule is [B][P@@](=O)(OC[C@H]1O[C@@H](n2cnc3c(N)nc(SC)nc32)[C@H](O)[C@@H]1O)OP(=O)(O)C(Cl)(Cl)P(=O)(O)O. The van der Waals surface area contributed by atoms with Crippen LogP contribution in [-0.2, 0) is 27.3 Å². The number of aliphatic hydroxyl groups excluding tert-OH is 2. The Morgan fingerprint density at radius 3 is 2.46 bits per heavy atom. The molecule has 16 nitrogen and oxygen atoms in total. The first-order chi connectivity index (χ1) is 15.9. The van der Waals surface area contributed by atoms with E-state index in [-0.39, 0.29) is 17.0 Å². The van der Waals surface area contributed by atoms with Crippen LogP contribution in [0.3, 0.4) is 0 Å². The second-order valence-corrected chi connectivity index (χ2v) is 15.9. The first-order valence-corrected chi connectivity index (χ1v) is 15.8. The summed E-state index contributed by atoms with van der Waals surface area (Å²) in [6.07, 6.45) is -3.04. The average Bonchev–Trinajstić information content (AvgIpc) is 3.26. The van der Waals surface area contributed by atoms with Gasteiger partial charge < -0.3 is 39.9 Å². The number of nitrogen functional groups attached to an aromatic ring is 1. The van der Waals surface area contributed by atoms with Gasteiger partial charge in [0.1, 0.15) is 23.8 Å². The number of aromatic nitrogens is 4. The molecule has 0 spiro atoms. The molecule has 2 aromatic heterocycles. The number of nitrogens with zero attached hydrogens (tertiary/aromatic N) is 4. The number of anilines is 1. The van der Waals surface area contributed by atoms with Crippen LogP contribution in [0.1, 0.15) is 6.23 Å². The zero-order valence-corrected chi connectivity index (χ0v) is 22.2. The fraction of sp³-hybridized carbons (Fsp3) is 0.583. The van der Waals surface area contributed by atoms with Gasteiger partial charge in [-0.25, -0.2) is 19.3 Å². The zero-order valence-electron chi connectivity index (χ0n) is 17.2. The number of ether oxygens (including phenoxy) is 1. The Kier molecular flexibility index (Phi) is 8.46. The largest absolute Gasteiger partial charge is 0.387 e. The number of hydrogen-bond acceptors (Lipinski definition) is 13. The van der Waals surface area contributed by atoms with Gasteiger partial charge in [0.05, 0.1) is 12.9 Å². The molecule has 0 saturated carbocycles. The molecule has 1 aliphatic rings. The number of thioether (sulfide) groups is 1. The van der Waals surface area contributed by atoms with E-state index in [1.165, 1.54) is 22.7 Å². The van der Waals surface area contributed by atoms with Crippen molar-refractivity contribution in [1.82, 2.24) is 19.5 Å². The molecule has 194 valence electrons. The van der Waals surface area contributed by atoms with Crippen LogP contribution in [0.4, 0.5) is 5.82 Å². The van der Waals surface area contributed by atoms with Gasteiger partial charge in [-0.2, -0.15) is 0 Å². The fourth-order valence-corrected chi connectivity index (χ4v) is 7.60. The van der Waals surface area contributed by atoms with Gasteiger partial charge in [0, 0.05) is 0 Å². The van der Waals surface area contributed by atoms with Crippen LogP contribution in [0.15, 0.2) is 11.5 Å². The Morgan fingerprint density at radius 1 is 1.26 bits per heavy atom. The summed E-state index contributed by atoms with van der Waals surface area (Å²) in [6, 6.07) is 0. The molecule has 2 aromatic rings. The second kappa shape index (κ2) is 10.1. The van der Waals surface area contributed by atoms with E-state index in [0.717, 1.165) is 0 Å². The molecule has 2 radical (unpaired) electrons. The molecule has 3 rings (SSSR count). The van der Waals surface area contributed by atoms with E-state index in [1.807, 2.05) is 0 Å². The van der Waals surface area contributed by atoms with Gasteiger partial charge in [0.25, 0.3) is 7.47 Å². The smallest absolute Gasteiger partial charge is 0.383 e. The summed E-state index contributed by atoms with van der Waals surface area (Å²) in [4.78, 5) is 40.2. The van der Waals surface area contributed by atoms with Crippen molar-refractivity contribution in [2.75, 3.05) is 18.6 Å². The Bertz CT molecular complexity index is 1270. The van der Waals surface area contributed by atoms with E-state index >= 15 is 0 Å². The molecule has 0 amide bonds. The number of halogens is 2. The van der Waals surface area contributed by atoms with Gasteiger partial charge >= 0.3 is 19.0 Å². The van der Waals surface area contributed by atoms with Crippen LogP contribution in [0, 0.1) is 0 Å². The highest BCUT2D eigenvalue weighted by Gasteiger charge is 2.62. The maximum absolute atomic E-state index is 12.3. The highest BCUT2D eigenvalue weighted by atomic mass is 35.5. The molecule has 0 aromatic carbocycles. The van der Waals surface area contributed by atoms with Gasteiger partial charge in [0.2, 0.25) is 7.57 Å². The van der Waals surface area contributed by atoms with Crippen molar-refractivity contribution in [2.24, 2.45) is 0 Å². The quantitative estimate of drug-likeness (QED) is 0.0740. The lowest BCUT2D eigenvalue weighted by atomic mass is 10.1. The van der Waals surface area contributed by atoms with Crippen LogP contribution in [0.25, 0.3) is 11.2 Å². The molecule has 35 heavy (non-hydrogen) atoms. The third kappa shape index (κ3) is 5.76. The minimum Gasteiger partial charge on any atom is -0.387 e. The molecule has 0 aliphatic carbocycles. The van der Waals surface area contributed by atoms with Crippen molar-refractivity contribution in [3.63, 3.8) is 0 Å². The van der Waals surface area contributed by atoms with Crippen molar-refractivity contribution in [3.05, 3.63) is 6.33 Å². The summed E-state index contributed by atoms with van der Waals surface area (Å²) < 4.78 is 47.7. The number of hydrogen-bond donors (Lipinski definition) is 6. The van der Waals surface area contributed by atoms with Crippen molar-refractivity contribution < 1.29 is 52.2 Å². The summed E-state index contributed by atoms with van der Waals surface area (Å²) in [5.74, 6) is 0.0608. The standard InChI is InChI=1S/C12H17BCl2N5O11P3S/c1-35-11-18-8(16)5-9(19-11)20(3-17-5)10-7(22)6(21)4(30-10)2-29-34(13,28)31-33(26,27)12(14,15)32(23,24)25/h3-4,6-7,10,21-22H,2H2,1H3,(H,26,27)(H2,16,18,19)(H2,23,24,25)/t4-,6-,7-,10-,34-/m1/s1. The molecule has 23 heteroatoms. The molecule has 1 fully saturated rings. The summed E-state index contributed by atoms with van der Waals surface area (Å²) in [7, 11) is -11.3. The highest BCUT2D eigenvalue weighted by Crippen LogP contribution is 2.79. The topological polar surface area (TPSA) is 250 Å². The zero-order chi connectivity index (χ0) is 26.6. The predicted octanol–water partition coefficient (Wildman–Crippen LogP) is 0.511. The normalized spacial score (nSPS) is 27.1. The third-order valence-corrected chi connectivity index (χ3v) is 12.9. The van der Waals surface area contributed by atoms with Gasteiger partial charge in [-0.05, 0) is 6.26 Å². The van der Waals surface area contributed by atoms with Crippen LogP contribution in [0.2, 0.25) is 0 Å². The third-order valence-electron chi connectivity index (χ3n) is 4.56. The predicted molar refractivity (Wildman–Crippen MR) is 124 cm³/mol. The van der Waals surface area contributed by atoms with E-state index in [9.17, 15) is 28.8 Å². The monoisotopic (exact) mass is 613 g/mol. The number of nitrogens with two attached hydrogens (primary N) is 1. The van der Waals surface area contributed by atoms with Crippen molar-refractivity contribution in [2.45, 2.75) is 33.5 Å². The maximum Gasteiger partial charge on any atom is 0.383 e. The van der Waals surface area contributed by atoms with E-state index in [0.29, 0.717) is 5.16 Å². The minimum atomic E-state index is -5.76. The van der Waals surface area contributed by atoms with Gasteiger partial charge in [-0.3, -0.25) is 18.3 Å². The number of alkyl halides is 2. The van der Waals surface area contributed by atoms with E-state index in [4.69, 9.17) is 55.5 Å². The number of aliphatic hydroxyl groups is 2. The van der Waals surface area contributed by atoms with Crippen molar-refractivity contribution >= 4 is 82.2 Å². The number of imidazole rings is 1. The lowest BCUT2D eigenvalue weighted by Gasteiger charge is -2.28. The van der Waals surface area contributed by atoms with E-state index < -0.39 is 57.6 Å². The maximum atomic E-state index is 12.3. The fourth-order valence-electron chi connectivity index (χ4n) is 2.86. The van der Waals surface area contributed by atoms with Gasteiger partial charge in [-0.1, -0.05) is 35.0 Å². The minimum absolute atomic E-state index is 0.0608. The molecule has 1 saturated heterocycles. The Balaban J connectivity index is 1.76. The van der Waals surface area contributed by atoms with Crippen LogP contribution >= 0.6 is 57.6 Å². The van der Waals surface area contributed by atoms with E-state index in [1.54, 1.807) is 6.26 Å². The molecular formula is C12H17BCl2N5O11P3S.